The van der Waals surface area contributed by atoms with Crippen molar-refractivity contribution in [2.24, 2.45) is 0 Å². The van der Waals surface area contributed by atoms with E-state index in [1.165, 1.54) is 23.3 Å². The maximum Gasteiger partial charge on any atom is 0.262 e. The number of ether oxygens (including phenoxy) is 1. The lowest BCUT2D eigenvalue weighted by Gasteiger charge is -2.11. The summed E-state index contributed by atoms with van der Waals surface area (Å²) in [6.45, 7) is 3.41. The van der Waals surface area contributed by atoms with Gasteiger partial charge in [0.05, 0.1) is 4.90 Å². The van der Waals surface area contributed by atoms with Gasteiger partial charge < -0.3 is 10.1 Å². The van der Waals surface area contributed by atoms with Crippen LogP contribution in [-0.2, 0) is 27.7 Å². The maximum absolute atomic E-state index is 12.1. The molecular weight excluding hydrogens is 364 g/mol. The Hall–Kier alpha value is -2.38. The highest BCUT2D eigenvalue weighted by Crippen LogP contribution is 2.26. The Balaban J connectivity index is 1.55. The molecule has 1 aliphatic rings. The van der Waals surface area contributed by atoms with E-state index >= 15 is 0 Å². The average Bonchev–Trinajstić information content (AvgIpc) is 3.07. The monoisotopic (exact) mass is 388 g/mol. The van der Waals surface area contributed by atoms with Crippen LogP contribution in [0.2, 0.25) is 0 Å². The smallest absolute Gasteiger partial charge is 0.262 e. The lowest BCUT2D eigenvalue weighted by Crippen LogP contribution is -2.30. The van der Waals surface area contributed by atoms with Crippen molar-refractivity contribution in [2.75, 3.05) is 11.9 Å². The number of carbonyl (C=O) groups excluding carboxylic acids is 1. The summed E-state index contributed by atoms with van der Waals surface area (Å²) in [5.74, 6) is 0.387. The molecule has 0 saturated heterocycles. The van der Waals surface area contributed by atoms with E-state index in [9.17, 15) is 13.2 Å². The molecule has 0 saturated carbocycles. The predicted molar refractivity (Wildman–Crippen MR) is 104 cm³/mol. The van der Waals surface area contributed by atoms with Crippen LogP contribution in [0.25, 0.3) is 0 Å². The van der Waals surface area contributed by atoms with E-state index in [1.807, 2.05) is 12.1 Å². The molecule has 0 aliphatic heterocycles. The molecule has 1 aliphatic carbocycles. The van der Waals surface area contributed by atoms with Crippen LogP contribution >= 0.6 is 0 Å². The fourth-order valence-electron chi connectivity index (χ4n) is 3.08. The van der Waals surface area contributed by atoms with Gasteiger partial charge in [-0.25, -0.2) is 13.1 Å². The molecule has 3 rings (SSSR count). The number of hydrogen-bond donors (Lipinski definition) is 2. The molecular formula is C20H24N2O4S. The van der Waals surface area contributed by atoms with Crippen molar-refractivity contribution in [2.45, 2.75) is 44.0 Å². The topological polar surface area (TPSA) is 84.5 Å². The van der Waals surface area contributed by atoms with Crippen molar-refractivity contribution >= 4 is 21.6 Å². The van der Waals surface area contributed by atoms with Crippen LogP contribution in [0.1, 0.15) is 31.4 Å². The zero-order valence-corrected chi connectivity index (χ0v) is 16.3. The highest BCUT2D eigenvalue weighted by atomic mass is 32.2. The third-order valence-electron chi connectivity index (χ3n) is 4.28. The molecule has 2 aromatic rings. The van der Waals surface area contributed by atoms with Gasteiger partial charge in [0, 0.05) is 11.7 Å². The number of anilines is 1. The summed E-state index contributed by atoms with van der Waals surface area (Å²) < 4.78 is 32.3. The van der Waals surface area contributed by atoms with Crippen LogP contribution in [0.4, 0.5) is 5.69 Å². The highest BCUT2D eigenvalue weighted by molar-refractivity contribution is 7.89. The number of benzene rings is 2. The van der Waals surface area contributed by atoms with Crippen molar-refractivity contribution in [3.63, 3.8) is 0 Å². The molecule has 7 heteroatoms. The summed E-state index contributed by atoms with van der Waals surface area (Å²) in [4.78, 5) is 12.2. The minimum Gasteiger partial charge on any atom is -0.484 e. The van der Waals surface area contributed by atoms with Gasteiger partial charge in [0.2, 0.25) is 10.0 Å². The van der Waals surface area contributed by atoms with Crippen LogP contribution in [0.3, 0.4) is 0 Å². The minimum absolute atomic E-state index is 0.103. The summed E-state index contributed by atoms with van der Waals surface area (Å²) in [5.41, 5.74) is 3.16. The summed E-state index contributed by atoms with van der Waals surface area (Å²) in [6.07, 6.45) is 3.33. The van der Waals surface area contributed by atoms with Gasteiger partial charge in [0.1, 0.15) is 5.75 Å². The van der Waals surface area contributed by atoms with Crippen LogP contribution in [0, 0.1) is 0 Å². The van der Waals surface area contributed by atoms with Gasteiger partial charge in [-0.05, 0) is 80.6 Å². The second-order valence-electron chi connectivity index (χ2n) is 6.92. The van der Waals surface area contributed by atoms with Gasteiger partial charge in [-0.1, -0.05) is 6.07 Å². The number of amides is 1. The first-order valence-electron chi connectivity index (χ1n) is 9.00. The van der Waals surface area contributed by atoms with Gasteiger partial charge in [0.15, 0.2) is 6.61 Å². The largest absolute Gasteiger partial charge is 0.484 e. The Morgan fingerprint density at radius 1 is 1.07 bits per heavy atom. The van der Waals surface area contributed by atoms with E-state index in [1.54, 1.807) is 26.0 Å². The molecule has 2 N–H and O–H groups in total. The molecule has 1 amide bonds. The molecule has 0 bridgehead atoms. The second kappa shape index (κ2) is 8.10. The van der Waals surface area contributed by atoms with Crippen LogP contribution in [0.15, 0.2) is 47.4 Å². The van der Waals surface area contributed by atoms with Gasteiger partial charge >= 0.3 is 0 Å². The van der Waals surface area contributed by atoms with Crippen LogP contribution in [-0.4, -0.2) is 27.0 Å². The number of carbonyl (C=O) groups is 1. The van der Waals surface area contributed by atoms with E-state index in [-0.39, 0.29) is 23.5 Å². The normalized spacial score (nSPS) is 13.4. The predicted octanol–water partition coefficient (Wildman–Crippen LogP) is 2.88. The van der Waals surface area contributed by atoms with Crippen molar-refractivity contribution in [1.82, 2.24) is 4.72 Å². The number of nitrogens with one attached hydrogen (secondary N) is 2. The lowest BCUT2D eigenvalue weighted by molar-refractivity contribution is -0.118. The molecule has 0 aromatic heterocycles. The average molecular weight is 388 g/mol. The maximum atomic E-state index is 12.1. The Bertz CT molecular complexity index is 921. The van der Waals surface area contributed by atoms with E-state index in [4.69, 9.17) is 4.74 Å². The number of rotatable bonds is 7. The minimum atomic E-state index is -3.54. The Kier molecular flexibility index (Phi) is 5.82. The first-order chi connectivity index (χ1) is 12.8. The SMILES string of the molecule is CC(C)NS(=O)(=O)c1ccc(NC(=O)COc2ccc3c(c2)CCC3)cc1. The number of fused-ring (bicyclic) bond motifs is 1. The van der Waals surface area contributed by atoms with E-state index in [2.05, 4.69) is 16.1 Å². The quantitative estimate of drug-likeness (QED) is 0.764. The third-order valence-corrected chi connectivity index (χ3v) is 5.95. The third kappa shape index (κ3) is 5.08. The highest BCUT2D eigenvalue weighted by Gasteiger charge is 2.15. The summed E-state index contributed by atoms with van der Waals surface area (Å²) in [7, 11) is -3.54. The van der Waals surface area contributed by atoms with Crippen molar-refractivity contribution in [3.05, 3.63) is 53.6 Å². The number of hydrogen-bond acceptors (Lipinski definition) is 4. The molecule has 0 unspecified atom stereocenters. The standard InChI is InChI=1S/C20H24N2O4S/c1-14(2)22-27(24,25)19-10-7-17(8-11-19)21-20(23)13-26-18-9-6-15-4-3-5-16(15)12-18/h6-12,14,22H,3-5,13H2,1-2H3,(H,21,23). The summed E-state index contributed by atoms with van der Waals surface area (Å²) >= 11 is 0. The Labute approximate surface area is 160 Å². The molecule has 0 atom stereocenters. The number of sulfonamides is 1. The molecule has 144 valence electrons. The first-order valence-corrected chi connectivity index (χ1v) is 10.5. The van der Waals surface area contributed by atoms with Crippen molar-refractivity contribution in [3.8, 4) is 5.75 Å². The second-order valence-corrected chi connectivity index (χ2v) is 8.64. The summed E-state index contributed by atoms with van der Waals surface area (Å²) in [5, 5.41) is 2.70. The molecule has 0 fully saturated rings. The van der Waals surface area contributed by atoms with E-state index < -0.39 is 10.0 Å². The fraction of sp³-hybridized carbons (Fsp3) is 0.350. The summed E-state index contributed by atoms with van der Waals surface area (Å²) in [6, 6.07) is 11.8. The van der Waals surface area contributed by atoms with Gasteiger partial charge in [-0.15, -0.1) is 0 Å². The molecule has 0 spiro atoms. The van der Waals surface area contributed by atoms with E-state index in [0.29, 0.717) is 11.4 Å². The van der Waals surface area contributed by atoms with Gasteiger partial charge in [-0.3, -0.25) is 4.79 Å². The zero-order valence-electron chi connectivity index (χ0n) is 15.5. The zero-order chi connectivity index (χ0) is 19.4. The lowest BCUT2D eigenvalue weighted by atomic mass is 10.1. The molecule has 0 heterocycles. The molecule has 6 nitrogen and oxygen atoms in total. The van der Waals surface area contributed by atoms with Gasteiger partial charge in [-0.2, -0.15) is 0 Å². The molecule has 27 heavy (non-hydrogen) atoms. The van der Waals surface area contributed by atoms with Crippen molar-refractivity contribution < 1.29 is 17.9 Å². The Morgan fingerprint density at radius 2 is 1.78 bits per heavy atom. The fourth-order valence-corrected chi connectivity index (χ4v) is 4.33. The Morgan fingerprint density at radius 3 is 2.48 bits per heavy atom. The number of aryl methyl sites for hydroxylation is 2. The molecule has 0 radical (unpaired) electrons. The van der Waals surface area contributed by atoms with Gasteiger partial charge in [0.25, 0.3) is 5.91 Å². The van der Waals surface area contributed by atoms with Crippen LogP contribution < -0.4 is 14.8 Å². The van der Waals surface area contributed by atoms with Crippen LogP contribution in [0.5, 0.6) is 5.75 Å². The van der Waals surface area contributed by atoms with Crippen molar-refractivity contribution in [1.29, 1.82) is 0 Å². The first kappa shape index (κ1) is 19.4. The molecule has 2 aromatic carbocycles. The van der Waals surface area contributed by atoms with E-state index in [0.717, 1.165) is 19.3 Å².